The Balaban J connectivity index is 1.56. The number of rotatable bonds is 6. The first-order valence-electron chi connectivity index (χ1n) is 8.01. The van der Waals surface area contributed by atoms with E-state index in [0.717, 1.165) is 5.56 Å². The van der Waals surface area contributed by atoms with Crippen molar-refractivity contribution in [2.24, 2.45) is 5.73 Å². The molecule has 1 atom stereocenters. The van der Waals surface area contributed by atoms with Crippen LogP contribution in [-0.4, -0.2) is 23.3 Å². The van der Waals surface area contributed by atoms with E-state index < -0.39 is 0 Å². The third-order valence-corrected chi connectivity index (χ3v) is 4.49. The fourth-order valence-electron chi connectivity index (χ4n) is 2.34. The average molecular weight is 366 g/mol. The van der Waals surface area contributed by atoms with Crippen molar-refractivity contribution < 1.29 is 9.59 Å². The van der Waals surface area contributed by atoms with Gasteiger partial charge in [-0.15, -0.1) is 0 Å². The van der Waals surface area contributed by atoms with Crippen molar-refractivity contribution in [1.82, 2.24) is 10.3 Å². The topological polar surface area (TPSA) is 97.1 Å². The summed E-state index contributed by atoms with van der Waals surface area (Å²) in [5.74, 6) is -0.350. The molecule has 0 fully saturated rings. The zero-order valence-corrected chi connectivity index (χ0v) is 14.7. The summed E-state index contributed by atoms with van der Waals surface area (Å²) >= 11 is 1.47. The summed E-state index contributed by atoms with van der Waals surface area (Å²) in [5, 5.41) is 9.25. The first-order valence-corrected chi connectivity index (χ1v) is 8.95. The maximum Gasteiger partial charge on any atom is 0.255 e. The van der Waals surface area contributed by atoms with Gasteiger partial charge in [0, 0.05) is 47.2 Å². The first kappa shape index (κ1) is 17.8. The lowest BCUT2D eigenvalue weighted by Crippen LogP contribution is -2.31. The minimum absolute atomic E-state index is 0.143. The summed E-state index contributed by atoms with van der Waals surface area (Å²) in [6.07, 6.45) is 3.23. The molecular formula is C19H18N4O2S. The number of nitrogens with two attached hydrogens (primary N) is 1. The van der Waals surface area contributed by atoms with Crippen LogP contribution in [0.4, 0.5) is 5.69 Å². The number of hydrogen-bond acceptors (Lipinski definition) is 5. The van der Waals surface area contributed by atoms with Gasteiger partial charge in [0.15, 0.2) is 0 Å². The number of amides is 2. The Morgan fingerprint density at radius 3 is 2.38 bits per heavy atom. The third-order valence-electron chi connectivity index (χ3n) is 3.81. The Morgan fingerprint density at radius 1 is 1.00 bits per heavy atom. The van der Waals surface area contributed by atoms with E-state index in [1.54, 1.807) is 60.2 Å². The highest BCUT2D eigenvalue weighted by Crippen LogP contribution is 2.14. The van der Waals surface area contributed by atoms with E-state index in [4.69, 9.17) is 5.73 Å². The van der Waals surface area contributed by atoms with E-state index in [1.165, 1.54) is 11.3 Å². The number of anilines is 1. The van der Waals surface area contributed by atoms with Crippen molar-refractivity contribution in [2.75, 3.05) is 11.9 Å². The van der Waals surface area contributed by atoms with Crippen LogP contribution in [0.15, 0.2) is 65.6 Å². The Morgan fingerprint density at radius 2 is 1.73 bits per heavy atom. The van der Waals surface area contributed by atoms with Crippen LogP contribution >= 0.6 is 11.3 Å². The molecule has 0 aliphatic heterocycles. The molecule has 1 unspecified atom stereocenters. The second-order valence-electron chi connectivity index (χ2n) is 5.64. The smallest absolute Gasteiger partial charge is 0.255 e. The number of nitrogens with one attached hydrogen (secondary N) is 2. The Hall–Kier alpha value is -3.03. The lowest BCUT2D eigenvalue weighted by atomic mass is 10.0. The molecule has 0 aliphatic rings. The van der Waals surface area contributed by atoms with Crippen LogP contribution < -0.4 is 16.4 Å². The zero-order valence-electron chi connectivity index (χ0n) is 13.9. The molecule has 1 aromatic carbocycles. The molecule has 132 valence electrons. The highest BCUT2D eigenvalue weighted by Gasteiger charge is 2.11. The second-order valence-corrected chi connectivity index (χ2v) is 6.42. The monoisotopic (exact) mass is 366 g/mol. The van der Waals surface area contributed by atoms with Gasteiger partial charge in [-0.2, -0.15) is 11.3 Å². The Kier molecular flexibility index (Phi) is 5.73. The van der Waals surface area contributed by atoms with E-state index in [0.29, 0.717) is 23.4 Å². The molecule has 0 saturated heterocycles. The molecule has 6 nitrogen and oxygen atoms in total. The number of aromatic nitrogens is 1. The van der Waals surface area contributed by atoms with Crippen molar-refractivity contribution in [2.45, 2.75) is 6.04 Å². The predicted octanol–water partition coefficient (Wildman–Crippen LogP) is 2.83. The molecule has 3 aromatic rings. The minimum Gasteiger partial charge on any atom is -0.350 e. The van der Waals surface area contributed by atoms with Crippen molar-refractivity contribution >= 4 is 28.8 Å². The second kappa shape index (κ2) is 8.37. The van der Waals surface area contributed by atoms with Crippen LogP contribution in [0, 0.1) is 0 Å². The molecule has 0 aliphatic carbocycles. The molecule has 2 aromatic heterocycles. The molecule has 3 rings (SSSR count). The standard InChI is InChI=1S/C19H18N4O2S/c20-17(11-22-18(24)15-7-10-26-12-15)13-1-3-14(4-2-13)19(25)23-16-5-8-21-9-6-16/h1-10,12,17H,11,20H2,(H,22,24)(H,21,23,25). The van der Waals surface area contributed by atoms with Gasteiger partial charge in [-0.05, 0) is 41.3 Å². The lowest BCUT2D eigenvalue weighted by molar-refractivity contribution is 0.0951. The Bertz CT molecular complexity index is 864. The van der Waals surface area contributed by atoms with Gasteiger partial charge in [0.2, 0.25) is 0 Å². The number of hydrogen-bond donors (Lipinski definition) is 3. The van der Waals surface area contributed by atoms with Crippen LogP contribution in [0.25, 0.3) is 0 Å². The van der Waals surface area contributed by atoms with Crippen LogP contribution in [0.1, 0.15) is 32.3 Å². The van der Waals surface area contributed by atoms with Crippen LogP contribution in [0.2, 0.25) is 0 Å². The largest absolute Gasteiger partial charge is 0.350 e. The van der Waals surface area contributed by atoms with Crippen molar-refractivity contribution in [3.8, 4) is 0 Å². The molecule has 2 heterocycles. The lowest BCUT2D eigenvalue weighted by Gasteiger charge is -2.13. The van der Waals surface area contributed by atoms with Gasteiger partial charge in [-0.3, -0.25) is 14.6 Å². The molecule has 0 saturated carbocycles. The number of nitrogens with zero attached hydrogens (tertiary/aromatic N) is 1. The van der Waals surface area contributed by atoms with Crippen LogP contribution in [0.3, 0.4) is 0 Å². The number of thiophene rings is 1. The fourth-order valence-corrected chi connectivity index (χ4v) is 2.97. The molecule has 0 bridgehead atoms. The summed E-state index contributed by atoms with van der Waals surface area (Å²) in [7, 11) is 0. The van der Waals surface area contributed by atoms with Gasteiger partial charge in [0.25, 0.3) is 11.8 Å². The molecule has 0 radical (unpaired) electrons. The van der Waals surface area contributed by atoms with Gasteiger partial charge in [-0.1, -0.05) is 12.1 Å². The van der Waals surface area contributed by atoms with Crippen molar-refractivity contribution in [1.29, 1.82) is 0 Å². The third kappa shape index (κ3) is 4.53. The average Bonchev–Trinajstić information content (AvgIpc) is 3.21. The fraction of sp³-hybridized carbons (Fsp3) is 0.105. The maximum absolute atomic E-state index is 12.2. The molecule has 2 amide bonds. The summed E-state index contributed by atoms with van der Waals surface area (Å²) in [4.78, 5) is 28.1. The van der Waals surface area contributed by atoms with Gasteiger partial charge in [-0.25, -0.2) is 0 Å². The number of carbonyl (C=O) groups excluding carboxylic acids is 2. The van der Waals surface area contributed by atoms with E-state index in [1.807, 2.05) is 5.38 Å². The number of pyridine rings is 1. The highest BCUT2D eigenvalue weighted by molar-refractivity contribution is 7.08. The molecule has 4 N–H and O–H groups in total. The van der Waals surface area contributed by atoms with E-state index in [9.17, 15) is 9.59 Å². The number of benzene rings is 1. The predicted molar refractivity (Wildman–Crippen MR) is 102 cm³/mol. The van der Waals surface area contributed by atoms with Crippen molar-refractivity contribution in [3.63, 3.8) is 0 Å². The molecular weight excluding hydrogens is 348 g/mol. The zero-order chi connectivity index (χ0) is 18.4. The van der Waals surface area contributed by atoms with Gasteiger partial charge in [0.1, 0.15) is 0 Å². The highest BCUT2D eigenvalue weighted by atomic mass is 32.1. The normalized spacial score (nSPS) is 11.6. The summed E-state index contributed by atoms with van der Waals surface area (Å²) < 4.78 is 0. The summed E-state index contributed by atoms with van der Waals surface area (Å²) in [5.41, 5.74) is 8.81. The maximum atomic E-state index is 12.2. The van der Waals surface area contributed by atoms with E-state index >= 15 is 0 Å². The van der Waals surface area contributed by atoms with E-state index in [2.05, 4.69) is 15.6 Å². The molecule has 7 heteroatoms. The summed E-state index contributed by atoms with van der Waals surface area (Å²) in [6, 6.07) is 11.9. The summed E-state index contributed by atoms with van der Waals surface area (Å²) in [6.45, 7) is 0.317. The molecule has 0 spiro atoms. The van der Waals surface area contributed by atoms with Gasteiger partial charge >= 0.3 is 0 Å². The SMILES string of the molecule is NC(CNC(=O)c1ccsc1)c1ccc(C(=O)Nc2ccncc2)cc1. The quantitative estimate of drug-likeness (QED) is 0.625. The number of carbonyl (C=O) groups is 2. The van der Waals surface area contributed by atoms with Crippen molar-refractivity contribution in [3.05, 3.63) is 82.3 Å². The minimum atomic E-state index is -0.352. The Labute approximate surface area is 155 Å². The van der Waals surface area contributed by atoms with Gasteiger partial charge in [0.05, 0.1) is 0 Å². The van der Waals surface area contributed by atoms with Crippen LogP contribution in [0.5, 0.6) is 0 Å². The van der Waals surface area contributed by atoms with Gasteiger partial charge < -0.3 is 16.4 Å². The first-order chi connectivity index (χ1) is 12.6. The molecule has 26 heavy (non-hydrogen) atoms. The van der Waals surface area contributed by atoms with E-state index in [-0.39, 0.29) is 17.9 Å². The van der Waals surface area contributed by atoms with Crippen LogP contribution in [-0.2, 0) is 0 Å².